The van der Waals surface area contributed by atoms with Crippen molar-refractivity contribution in [3.63, 3.8) is 0 Å². The summed E-state index contributed by atoms with van der Waals surface area (Å²) >= 11 is 0. The molecule has 3 fully saturated rings. The molecule has 122 valence electrons. The minimum Gasteiger partial charge on any atom is -0.0654 e. The van der Waals surface area contributed by atoms with Crippen molar-refractivity contribution in [2.45, 2.75) is 92.4 Å². The van der Waals surface area contributed by atoms with E-state index in [9.17, 15) is 0 Å². The van der Waals surface area contributed by atoms with E-state index in [-0.39, 0.29) is 0 Å². The fraction of sp³-hybridized carbons (Fsp3) is 1.00. The van der Waals surface area contributed by atoms with Gasteiger partial charge >= 0.3 is 0 Å². The lowest BCUT2D eigenvalue weighted by Gasteiger charge is -2.62. The number of fused-ring (bicyclic) bond motifs is 3. The SMILES string of the molecule is CCCC1C2C[C@H](C)C3CCCC[C@]3(C)C2CCC1(C)C. The van der Waals surface area contributed by atoms with Crippen LogP contribution < -0.4 is 0 Å². The lowest BCUT2D eigenvalue weighted by Crippen LogP contribution is -2.54. The van der Waals surface area contributed by atoms with Gasteiger partial charge in [-0.3, -0.25) is 0 Å². The number of hydrogen-bond acceptors (Lipinski definition) is 0. The molecule has 0 N–H and O–H groups in total. The predicted octanol–water partition coefficient (Wildman–Crippen LogP) is 6.69. The van der Waals surface area contributed by atoms with Gasteiger partial charge in [0.1, 0.15) is 0 Å². The van der Waals surface area contributed by atoms with Gasteiger partial charge in [-0.05, 0) is 78.9 Å². The molecular weight excluding hydrogens is 252 g/mol. The molecule has 0 aromatic rings. The second-order valence-corrected chi connectivity index (χ2v) is 9.76. The van der Waals surface area contributed by atoms with Crippen molar-refractivity contribution in [2.24, 2.45) is 40.4 Å². The van der Waals surface area contributed by atoms with Crippen LogP contribution in [0.3, 0.4) is 0 Å². The average Bonchev–Trinajstić information content (AvgIpc) is 2.42. The Labute approximate surface area is 133 Å². The van der Waals surface area contributed by atoms with Crippen molar-refractivity contribution >= 4 is 0 Å². The molecule has 0 aromatic heterocycles. The van der Waals surface area contributed by atoms with Crippen LogP contribution in [-0.4, -0.2) is 0 Å². The quantitative estimate of drug-likeness (QED) is 0.531. The van der Waals surface area contributed by atoms with Crippen LogP contribution in [-0.2, 0) is 0 Å². The van der Waals surface area contributed by atoms with Crippen LogP contribution in [0.1, 0.15) is 92.4 Å². The first-order chi connectivity index (χ1) is 9.90. The van der Waals surface area contributed by atoms with Gasteiger partial charge < -0.3 is 0 Å². The largest absolute Gasteiger partial charge is 0.0654 e. The van der Waals surface area contributed by atoms with Crippen molar-refractivity contribution in [3.8, 4) is 0 Å². The lowest BCUT2D eigenvalue weighted by atomic mass is 9.43. The summed E-state index contributed by atoms with van der Waals surface area (Å²) in [6, 6.07) is 0. The van der Waals surface area contributed by atoms with E-state index in [2.05, 4.69) is 34.6 Å². The van der Waals surface area contributed by atoms with Crippen molar-refractivity contribution in [1.29, 1.82) is 0 Å². The van der Waals surface area contributed by atoms with Crippen LogP contribution in [0.2, 0.25) is 0 Å². The van der Waals surface area contributed by atoms with Gasteiger partial charge in [0.15, 0.2) is 0 Å². The first kappa shape index (κ1) is 15.9. The van der Waals surface area contributed by atoms with Gasteiger partial charge in [-0.25, -0.2) is 0 Å². The Balaban J connectivity index is 1.91. The third-order valence-electron chi connectivity index (χ3n) is 8.24. The fourth-order valence-electron chi connectivity index (χ4n) is 7.22. The van der Waals surface area contributed by atoms with Gasteiger partial charge in [0, 0.05) is 0 Å². The fourth-order valence-corrected chi connectivity index (χ4v) is 7.22. The first-order valence-corrected chi connectivity index (χ1v) is 9.90. The monoisotopic (exact) mass is 290 g/mol. The molecule has 0 saturated heterocycles. The van der Waals surface area contributed by atoms with E-state index in [0.717, 1.165) is 29.6 Å². The van der Waals surface area contributed by atoms with Crippen LogP contribution >= 0.6 is 0 Å². The van der Waals surface area contributed by atoms with Crippen LogP contribution in [0.4, 0.5) is 0 Å². The summed E-state index contributed by atoms with van der Waals surface area (Å²) in [6.07, 6.45) is 13.5. The van der Waals surface area contributed by atoms with Crippen LogP contribution in [0.5, 0.6) is 0 Å². The summed E-state index contributed by atoms with van der Waals surface area (Å²) in [6.45, 7) is 12.8. The minimum atomic E-state index is 0.592. The van der Waals surface area contributed by atoms with E-state index >= 15 is 0 Å². The maximum absolute atomic E-state index is 2.70. The highest BCUT2D eigenvalue weighted by atomic mass is 14.6. The molecule has 4 unspecified atom stereocenters. The topological polar surface area (TPSA) is 0 Å². The molecule has 0 nitrogen and oxygen atoms in total. The molecule has 0 spiro atoms. The maximum Gasteiger partial charge on any atom is -0.0264 e. The lowest BCUT2D eigenvalue weighted by molar-refractivity contribution is -0.131. The van der Waals surface area contributed by atoms with Crippen molar-refractivity contribution in [2.75, 3.05) is 0 Å². The highest BCUT2D eigenvalue weighted by Gasteiger charge is 2.56. The molecular formula is C21H38. The van der Waals surface area contributed by atoms with Gasteiger partial charge in [-0.2, -0.15) is 0 Å². The summed E-state index contributed by atoms with van der Waals surface area (Å²) in [5, 5.41) is 0. The Bertz CT molecular complexity index is 368. The molecule has 0 radical (unpaired) electrons. The molecule has 0 bridgehead atoms. The number of hydrogen-bond donors (Lipinski definition) is 0. The van der Waals surface area contributed by atoms with Crippen LogP contribution in [0.15, 0.2) is 0 Å². The van der Waals surface area contributed by atoms with Crippen molar-refractivity contribution in [3.05, 3.63) is 0 Å². The summed E-state index contributed by atoms with van der Waals surface area (Å²) in [5.74, 6) is 5.08. The molecule has 6 atom stereocenters. The zero-order valence-corrected chi connectivity index (χ0v) is 15.3. The van der Waals surface area contributed by atoms with Crippen molar-refractivity contribution in [1.82, 2.24) is 0 Å². The van der Waals surface area contributed by atoms with Gasteiger partial charge in [-0.1, -0.05) is 53.9 Å². The zero-order valence-electron chi connectivity index (χ0n) is 15.3. The molecule has 3 aliphatic carbocycles. The molecule has 3 aliphatic rings. The van der Waals surface area contributed by atoms with E-state index < -0.39 is 0 Å². The highest BCUT2D eigenvalue weighted by molar-refractivity contribution is 5.05. The Morgan fingerprint density at radius 2 is 1.71 bits per heavy atom. The normalized spacial score (nSPS) is 49.3. The summed E-state index contributed by atoms with van der Waals surface area (Å²) in [5.41, 5.74) is 1.28. The third kappa shape index (κ3) is 2.49. The summed E-state index contributed by atoms with van der Waals surface area (Å²) < 4.78 is 0. The van der Waals surface area contributed by atoms with Gasteiger partial charge in [0.05, 0.1) is 0 Å². The molecule has 3 rings (SSSR count). The maximum atomic E-state index is 2.70. The average molecular weight is 291 g/mol. The molecule has 0 aromatic carbocycles. The van der Waals surface area contributed by atoms with Crippen LogP contribution in [0.25, 0.3) is 0 Å². The Morgan fingerprint density at radius 1 is 0.952 bits per heavy atom. The van der Waals surface area contributed by atoms with E-state index in [1.54, 1.807) is 6.42 Å². The van der Waals surface area contributed by atoms with E-state index in [4.69, 9.17) is 0 Å². The molecule has 21 heavy (non-hydrogen) atoms. The van der Waals surface area contributed by atoms with Gasteiger partial charge in [0.25, 0.3) is 0 Å². The minimum absolute atomic E-state index is 0.592. The molecule has 0 aliphatic heterocycles. The molecule has 0 heterocycles. The van der Waals surface area contributed by atoms with Crippen molar-refractivity contribution < 1.29 is 0 Å². The van der Waals surface area contributed by atoms with Gasteiger partial charge in [-0.15, -0.1) is 0 Å². The molecule has 0 heteroatoms. The summed E-state index contributed by atoms with van der Waals surface area (Å²) in [7, 11) is 0. The second kappa shape index (κ2) is 5.57. The van der Waals surface area contributed by atoms with Gasteiger partial charge in [0.2, 0.25) is 0 Å². The highest BCUT2D eigenvalue weighted by Crippen LogP contribution is 2.64. The van der Waals surface area contributed by atoms with E-state index in [1.807, 2.05) is 0 Å². The Morgan fingerprint density at radius 3 is 2.43 bits per heavy atom. The number of rotatable bonds is 2. The molecule has 3 saturated carbocycles. The summed E-state index contributed by atoms with van der Waals surface area (Å²) in [4.78, 5) is 0. The molecule has 0 amide bonds. The first-order valence-electron chi connectivity index (χ1n) is 9.90. The van der Waals surface area contributed by atoms with Crippen LogP contribution in [0, 0.1) is 40.4 Å². The standard InChI is InChI=1S/C21H38/c1-6-9-18-16-14-15(2)17-10-7-8-12-21(17,5)19(16)11-13-20(18,3)4/h15-19H,6-14H2,1-5H3/t15-,16?,17?,18?,19?,21-/m0/s1. The Hall–Kier alpha value is 0. The van der Waals surface area contributed by atoms with E-state index in [0.29, 0.717) is 10.8 Å². The Kier molecular flexibility index (Phi) is 4.21. The van der Waals surface area contributed by atoms with E-state index in [1.165, 1.54) is 51.4 Å². The smallest absolute Gasteiger partial charge is 0.0264 e. The third-order valence-corrected chi connectivity index (χ3v) is 8.24. The second-order valence-electron chi connectivity index (χ2n) is 9.76. The predicted molar refractivity (Wildman–Crippen MR) is 92.2 cm³/mol. The zero-order chi connectivity index (χ0) is 15.3.